The second kappa shape index (κ2) is 26.7. The molecule has 0 unspecified atom stereocenters. The van der Waals surface area contributed by atoms with Gasteiger partial charge in [0, 0.05) is 0 Å². The fourth-order valence-electron chi connectivity index (χ4n) is 1.33. The number of aliphatic hydroxyl groups excluding tert-OH is 2. The first-order valence-corrected chi connectivity index (χ1v) is 13.1. The molecule has 0 aliphatic carbocycles. The summed E-state index contributed by atoms with van der Waals surface area (Å²) in [6.45, 7) is 5.81. The fourth-order valence-corrected chi connectivity index (χ4v) is 1.33. The lowest BCUT2D eigenvalue weighted by atomic mass is 10.7. The van der Waals surface area contributed by atoms with Crippen molar-refractivity contribution in [2.75, 3.05) is 105 Å². The van der Waals surface area contributed by atoms with Gasteiger partial charge in [-0.1, -0.05) is 0 Å². The van der Waals surface area contributed by atoms with Crippen LogP contribution in [0.25, 0.3) is 0 Å². The quantitative estimate of drug-likeness (QED) is 0.109. The molecule has 14 nitrogen and oxygen atoms in total. The Bertz CT molecular complexity index is 487. The van der Waals surface area contributed by atoms with Crippen molar-refractivity contribution in [1.29, 1.82) is 0 Å². The molecule has 0 rings (SSSR count). The van der Waals surface area contributed by atoms with Crippen LogP contribution in [0, 0.1) is 0 Å². The SMILES string of the molecule is CS(=O)(=O)O.CS(=O)(=O)O.OCCOCCOCCOCCOCCOCCOCCO. The van der Waals surface area contributed by atoms with Crippen molar-refractivity contribution in [3.05, 3.63) is 0 Å². The molecule has 0 saturated carbocycles. The minimum atomic E-state index is -3.67. The van der Waals surface area contributed by atoms with Gasteiger partial charge in [0.2, 0.25) is 0 Å². The van der Waals surface area contributed by atoms with Gasteiger partial charge in [0.25, 0.3) is 20.2 Å². The molecule has 198 valence electrons. The lowest BCUT2D eigenvalue weighted by Crippen LogP contribution is -2.14. The Labute approximate surface area is 190 Å². The van der Waals surface area contributed by atoms with E-state index in [1.165, 1.54) is 0 Å². The van der Waals surface area contributed by atoms with Gasteiger partial charge < -0.3 is 38.6 Å². The second-order valence-electron chi connectivity index (χ2n) is 5.59. The van der Waals surface area contributed by atoms with Gasteiger partial charge in [-0.2, -0.15) is 16.8 Å². The van der Waals surface area contributed by atoms with Gasteiger partial charge in [0.1, 0.15) is 0 Å². The first-order valence-electron chi connectivity index (χ1n) is 9.44. The third-order valence-corrected chi connectivity index (χ3v) is 2.33. The highest BCUT2D eigenvalue weighted by atomic mass is 32.2. The van der Waals surface area contributed by atoms with E-state index < -0.39 is 20.2 Å². The summed E-state index contributed by atoms with van der Waals surface area (Å²) < 4.78 is 83.0. The third kappa shape index (κ3) is 70.0. The summed E-state index contributed by atoms with van der Waals surface area (Å²) in [5, 5.41) is 17.0. The van der Waals surface area contributed by atoms with Crippen LogP contribution < -0.4 is 0 Å². The molecule has 0 heterocycles. The molecule has 0 amide bonds. The van der Waals surface area contributed by atoms with E-state index >= 15 is 0 Å². The number of aliphatic hydroxyl groups is 2. The summed E-state index contributed by atoms with van der Waals surface area (Å²) in [6.07, 6.45) is 1.43. The molecule has 0 aromatic carbocycles. The largest absolute Gasteiger partial charge is 0.394 e. The first kappa shape index (κ1) is 36.1. The molecule has 0 saturated heterocycles. The highest BCUT2D eigenvalue weighted by molar-refractivity contribution is 7.85. The molecule has 0 spiro atoms. The maximum atomic E-state index is 9.19. The van der Waals surface area contributed by atoms with Crippen LogP contribution in [0.4, 0.5) is 0 Å². The summed E-state index contributed by atoms with van der Waals surface area (Å²) in [6, 6.07) is 0. The van der Waals surface area contributed by atoms with Crippen molar-refractivity contribution in [1.82, 2.24) is 0 Å². The predicted octanol–water partition coefficient (Wildman–Crippen LogP) is -1.92. The molecule has 0 fully saturated rings. The molecule has 16 heteroatoms. The van der Waals surface area contributed by atoms with E-state index in [4.69, 9.17) is 47.7 Å². The Morgan fingerprint density at radius 1 is 0.438 bits per heavy atom. The van der Waals surface area contributed by atoms with Gasteiger partial charge in [0.15, 0.2) is 0 Å². The molecular weight excluding hydrogens is 480 g/mol. The molecule has 0 radical (unpaired) electrons. The van der Waals surface area contributed by atoms with Gasteiger partial charge in [-0.15, -0.1) is 0 Å². The zero-order valence-electron chi connectivity index (χ0n) is 18.6. The van der Waals surface area contributed by atoms with Crippen LogP contribution in [0.3, 0.4) is 0 Å². The summed E-state index contributed by atoms with van der Waals surface area (Å²) in [5.74, 6) is 0. The normalized spacial score (nSPS) is 11.3. The minimum Gasteiger partial charge on any atom is -0.394 e. The Morgan fingerprint density at radius 2 is 0.562 bits per heavy atom. The van der Waals surface area contributed by atoms with Gasteiger partial charge in [-0.3, -0.25) is 9.11 Å². The van der Waals surface area contributed by atoms with Crippen LogP contribution in [0.1, 0.15) is 0 Å². The molecule has 0 bridgehead atoms. The standard InChI is InChI=1S/C14H30O8.2CH4O3S/c15-1-3-17-5-7-19-9-11-21-13-14-22-12-10-20-8-6-18-4-2-16;2*1-5(2,3)4/h15-16H,1-14H2;2*1H3,(H,2,3,4). The van der Waals surface area contributed by atoms with E-state index in [-0.39, 0.29) is 13.2 Å². The lowest BCUT2D eigenvalue weighted by molar-refractivity contribution is -0.0194. The second-order valence-corrected chi connectivity index (χ2v) is 8.52. The third-order valence-electron chi connectivity index (χ3n) is 2.33. The lowest BCUT2D eigenvalue weighted by Gasteiger charge is -2.07. The first-order chi connectivity index (χ1) is 14.9. The van der Waals surface area contributed by atoms with Crippen LogP contribution in [-0.2, 0) is 48.7 Å². The van der Waals surface area contributed by atoms with Crippen LogP contribution in [-0.4, -0.2) is 141 Å². The Morgan fingerprint density at radius 3 is 0.688 bits per heavy atom. The maximum absolute atomic E-state index is 9.19. The molecule has 0 aliphatic rings. The van der Waals surface area contributed by atoms with E-state index in [9.17, 15) is 16.8 Å². The Kier molecular flexibility index (Phi) is 30.2. The van der Waals surface area contributed by atoms with E-state index in [0.717, 1.165) is 0 Å². The topological polar surface area (TPSA) is 205 Å². The van der Waals surface area contributed by atoms with Crippen LogP contribution in [0.5, 0.6) is 0 Å². The van der Waals surface area contributed by atoms with Gasteiger partial charge in [-0.05, 0) is 0 Å². The van der Waals surface area contributed by atoms with E-state index in [1.54, 1.807) is 0 Å². The van der Waals surface area contributed by atoms with Gasteiger partial charge in [-0.25, -0.2) is 0 Å². The van der Waals surface area contributed by atoms with Gasteiger partial charge in [0.05, 0.1) is 105 Å². The minimum absolute atomic E-state index is 0.0334. The van der Waals surface area contributed by atoms with Crippen molar-refractivity contribution in [3.63, 3.8) is 0 Å². The number of hydrogen-bond donors (Lipinski definition) is 4. The van der Waals surface area contributed by atoms with E-state index in [1.807, 2.05) is 0 Å². The van der Waals surface area contributed by atoms with Crippen LogP contribution in [0.15, 0.2) is 0 Å². The Balaban J connectivity index is -0.000000695. The summed E-state index contributed by atoms with van der Waals surface area (Å²) >= 11 is 0. The average Bonchev–Trinajstić information content (AvgIpc) is 2.64. The monoisotopic (exact) mass is 518 g/mol. The summed E-state index contributed by atoms with van der Waals surface area (Å²) in [5.41, 5.74) is 0. The molecule has 0 aliphatic heterocycles. The van der Waals surface area contributed by atoms with Crippen LogP contribution >= 0.6 is 0 Å². The molecule has 0 aromatic rings. The molecule has 4 N–H and O–H groups in total. The summed E-state index contributed by atoms with van der Waals surface area (Å²) in [4.78, 5) is 0. The number of rotatable bonds is 19. The number of hydrogen-bond acceptors (Lipinski definition) is 12. The van der Waals surface area contributed by atoms with E-state index in [0.29, 0.717) is 91.8 Å². The van der Waals surface area contributed by atoms with Crippen molar-refractivity contribution in [3.8, 4) is 0 Å². The zero-order valence-corrected chi connectivity index (χ0v) is 20.2. The number of ether oxygens (including phenoxy) is 6. The van der Waals surface area contributed by atoms with Gasteiger partial charge >= 0.3 is 0 Å². The highest BCUT2D eigenvalue weighted by Crippen LogP contribution is 1.84. The highest BCUT2D eigenvalue weighted by Gasteiger charge is 1.93. The molecule has 0 atom stereocenters. The predicted molar refractivity (Wildman–Crippen MR) is 114 cm³/mol. The zero-order chi connectivity index (χ0) is 25.1. The maximum Gasteiger partial charge on any atom is 0.261 e. The average molecular weight is 519 g/mol. The molecular formula is C16H38O14S2. The van der Waals surface area contributed by atoms with Crippen LogP contribution in [0.2, 0.25) is 0 Å². The van der Waals surface area contributed by atoms with E-state index in [2.05, 4.69) is 0 Å². The Hall–Kier alpha value is -0.500. The molecule has 32 heavy (non-hydrogen) atoms. The molecule has 0 aromatic heterocycles. The smallest absolute Gasteiger partial charge is 0.261 e. The van der Waals surface area contributed by atoms with Crippen molar-refractivity contribution >= 4 is 20.2 Å². The van der Waals surface area contributed by atoms with Crippen molar-refractivity contribution in [2.45, 2.75) is 0 Å². The van der Waals surface area contributed by atoms with Crippen molar-refractivity contribution < 1.29 is 64.6 Å². The van der Waals surface area contributed by atoms with Crippen molar-refractivity contribution in [2.24, 2.45) is 0 Å². The fraction of sp³-hybridized carbons (Fsp3) is 1.00. The summed E-state index contributed by atoms with van der Waals surface area (Å²) in [7, 11) is -7.33.